The molecule has 8 heteroatoms. The van der Waals surface area contributed by atoms with Crippen LogP contribution >= 0.6 is 0 Å². The quantitative estimate of drug-likeness (QED) is 0.691. The summed E-state index contributed by atoms with van der Waals surface area (Å²) < 4.78 is 3.83. The van der Waals surface area contributed by atoms with E-state index in [0.29, 0.717) is 17.7 Å². The SMILES string of the molecule is CC(C)NC(=O)c1cnn2c1C[C@@H](CNC(=O)c1ccc3c(c1)ncn3C)CC2. The second-order valence-corrected chi connectivity index (χ2v) is 7.98. The summed E-state index contributed by atoms with van der Waals surface area (Å²) in [5.41, 5.74) is 3.99. The Morgan fingerprint density at radius 2 is 2.10 bits per heavy atom. The lowest BCUT2D eigenvalue weighted by Crippen LogP contribution is -2.35. The number of hydrogen-bond donors (Lipinski definition) is 2. The van der Waals surface area contributed by atoms with Crippen LogP contribution in [0.3, 0.4) is 0 Å². The fraction of sp³-hybridized carbons (Fsp3) is 0.429. The maximum Gasteiger partial charge on any atom is 0.254 e. The minimum Gasteiger partial charge on any atom is -0.352 e. The lowest BCUT2D eigenvalue weighted by molar-refractivity contribution is 0.0930. The molecule has 2 amide bonds. The lowest BCUT2D eigenvalue weighted by atomic mass is 9.94. The van der Waals surface area contributed by atoms with Gasteiger partial charge in [-0.15, -0.1) is 0 Å². The third kappa shape index (κ3) is 3.87. The topological polar surface area (TPSA) is 93.8 Å². The molecule has 0 fully saturated rings. The smallest absolute Gasteiger partial charge is 0.254 e. The van der Waals surface area contributed by atoms with Crippen molar-refractivity contribution in [3.63, 3.8) is 0 Å². The molecule has 8 nitrogen and oxygen atoms in total. The molecule has 0 spiro atoms. The Labute approximate surface area is 169 Å². The number of amides is 2. The summed E-state index contributed by atoms with van der Waals surface area (Å²) >= 11 is 0. The first-order valence-corrected chi connectivity index (χ1v) is 9.97. The van der Waals surface area contributed by atoms with Gasteiger partial charge < -0.3 is 15.2 Å². The van der Waals surface area contributed by atoms with E-state index in [0.717, 1.165) is 36.1 Å². The van der Waals surface area contributed by atoms with E-state index in [4.69, 9.17) is 0 Å². The van der Waals surface area contributed by atoms with E-state index in [1.165, 1.54) is 0 Å². The molecule has 0 bridgehead atoms. The molecule has 4 rings (SSSR count). The second kappa shape index (κ2) is 7.69. The molecule has 1 aliphatic rings. The van der Waals surface area contributed by atoms with E-state index in [1.54, 1.807) is 12.5 Å². The van der Waals surface area contributed by atoms with Crippen molar-refractivity contribution in [1.82, 2.24) is 30.0 Å². The van der Waals surface area contributed by atoms with Crippen molar-refractivity contribution in [2.75, 3.05) is 6.54 Å². The van der Waals surface area contributed by atoms with Crippen molar-refractivity contribution in [2.24, 2.45) is 13.0 Å². The van der Waals surface area contributed by atoms with Crippen LogP contribution in [0, 0.1) is 5.92 Å². The van der Waals surface area contributed by atoms with E-state index in [1.807, 2.05) is 48.3 Å². The molecule has 29 heavy (non-hydrogen) atoms. The number of carbonyl (C=O) groups excluding carboxylic acids is 2. The van der Waals surface area contributed by atoms with E-state index < -0.39 is 0 Å². The van der Waals surface area contributed by atoms with Gasteiger partial charge in [-0.1, -0.05) is 0 Å². The monoisotopic (exact) mass is 394 g/mol. The zero-order chi connectivity index (χ0) is 20.5. The standard InChI is InChI=1S/C21H26N6O2/c1-13(2)25-21(29)16-11-24-27-7-6-14(8-19(16)27)10-22-20(28)15-4-5-18-17(9-15)23-12-26(18)3/h4-5,9,11-14H,6-8,10H2,1-3H3,(H,22,28)(H,25,29)/t14-/m0/s1. The van der Waals surface area contributed by atoms with Crippen LogP contribution in [-0.4, -0.2) is 43.7 Å². The van der Waals surface area contributed by atoms with Crippen molar-refractivity contribution in [1.29, 1.82) is 0 Å². The number of benzene rings is 1. The largest absolute Gasteiger partial charge is 0.352 e. The predicted octanol–water partition coefficient (Wildman–Crippen LogP) is 1.90. The molecule has 152 valence electrons. The second-order valence-electron chi connectivity index (χ2n) is 7.98. The van der Waals surface area contributed by atoms with Crippen LogP contribution in [0.5, 0.6) is 0 Å². The summed E-state index contributed by atoms with van der Waals surface area (Å²) in [5.74, 6) is 0.0799. The van der Waals surface area contributed by atoms with Gasteiger partial charge in [0.1, 0.15) is 0 Å². The summed E-state index contributed by atoms with van der Waals surface area (Å²) in [7, 11) is 1.93. The van der Waals surface area contributed by atoms with E-state index in [2.05, 4.69) is 20.7 Å². The summed E-state index contributed by atoms with van der Waals surface area (Å²) in [6, 6.07) is 5.63. The molecule has 0 saturated carbocycles. The highest BCUT2D eigenvalue weighted by Crippen LogP contribution is 2.23. The number of aryl methyl sites for hydroxylation is 2. The van der Waals surface area contributed by atoms with E-state index in [-0.39, 0.29) is 23.8 Å². The average Bonchev–Trinajstić information content (AvgIpc) is 3.28. The molecule has 0 aliphatic carbocycles. The van der Waals surface area contributed by atoms with Gasteiger partial charge in [0.05, 0.1) is 34.8 Å². The molecule has 0 saturated heterocycles. The molecule has 0 unspecified atom stereocenters. The van der Waals surface area contributed by atoms with Crippen LogP contribution in [0.25, 0.3) is 11.0 Å². The Kier molecular flexibility index (Phi) is 5.08. The van der Waals surface area contributed by atoms with Crippen molar-refractivity contribution in [3.8, 4) is 0 Å². The Balaban J connectivity index is 1.40. The lowest BCUT2D eigenvalue weighted by Gasteiger charge is -2.24. The fourth-order valence-electron chi connectivity index (χ4n) is 3.82. The molecule has 1 aromatic carbocycles. The van der Waals surface area contributed by atoms with Gasteiger partial charge in [0.2, 0.25) is 0 Å². The fourth-order valence-corrected chi connectivity index (χ4v) is 3.82. The van der Waals surface area contributed by atoms with Crippen molar-refractivity contribution in [2.45, 2.75) is 39.3 Å². The van der Waals surface area contributed by atoms with Gasteiger partial charge in [-0.05, 0) is 50.8 Å². The highest BCUT2D eigenvalue weighted by molar-refractivity contribution is 5.97. The maximum absolute atomic E-state index is 12.6. The molecule has 0 radical (unpaired) electrons. The van der Waals surface area contributed by atoms with Gasteiger partial charge in [0.25, 0.3) is 11.8 Å². The summed E-state index contributed by atoms with van der Waals surface area (Å²) in [5, 5.41) is 10.3. The molecular formula is C21H26N6O2. The molecule has 2 aromatic heterocycles. The molecule has 2 N–H and O–H groups in total. The minimum atomic E-state index is -0.102. The van der Waals surface area contributed by atoms with Gasteiger partial charge in [-0.25, -0.2) is 4.98 Å². The van der Waals surface area contributed by atoms with Crippen molar-refractivity contribution >= 4 is 22.8 Å². The molecule has 1 aliphatic heterocycles. The first kappa shape index (κ1) is 19.2. The van der Waals surface area contributed by atoms with E-state index in [9.17, 15) is 9.59 Å². The maximum atomic E-state index is 12.6. The highest BCUT2D eigenvalue weighted by Gasteiger charge is 2.26. The summed E-state index contributed by atoms with van der Waals surface area (Å²) in [6.45, 7) is 5.20. The van der Waals surface area contributed by atoms with Crippen LogP contribution in [0.2, 0.25) is 0 Å². The number of imidazole rings is 1. The first-order chi connectivity index (χ1) is 13.9. The molecular weight excluding hydrogens is 368 g/mol. The van der Waals surface area contributed by atoms with Crippen LogP contribution in [0.4, 0.5) is 0 Å². The van der Waals surface area contributed by atoms with Gasteiger partial charge in [-0.2, -0.15) is 5.10 Å². The third-order valence-corrected chi connectivity index (χ3v) is 5.38. The number of nitrogens with zero attached hydrogens (tertiary/aromatic N) is 4. The highest BCUT2D eigenvalue weighted by atomic mass is 16.2. The number of nitrogens with one attached hydrogen (secondary N) is 2. The molecule has 1 atom stereocenters. The van der Waals surface area contributed by atoms with Crippen LogP contribution in [-0.2, 0) is 20.0 Å². The Bertz CT molecular complexity index is 1060. The minimum absolute atomic E-state index is 0.0770. The zero-order valence-electron chi connectivity index (χ0n) is 17.0. The first-order valence-electron chi connectivity index (χ1n) is 9.97. The van der Waals surface area contributed by atoms with Gasteiger partial charge >= 0.3 is 0 Å². The zero-order valence-corrected chi connectivity index (χ0v) is 17.0. The Hall–Kier alpha value is -3.16. The number of rotatable bonds is 5. The van der Waals surface area contributed by atoms with Gasteiger partial charge in [0, 0.05) is 31.7 Å². The molecule has 3 heterocycles. The van der Waals surface area contributed by atoms with Crippen LogP contribution < -0.4 is 10.6 Å². The number of aromatic nitrogens is 4. The third-order valence-electron chi connectivity index (χ3n) is 5.38. The summed E-state index contributed by atoms with van der Waals surface area (Å²) in [6.07, 6.45) is 5.03. The van der Waals surface area contributed by atoms with Crippen molar-refractivity contribution in [3.05, 3.63) is 47.5 Å². The molecule has 3 aromatic rings. The van der Waals surface area contributed by atoms with Gasteiger partial charge in [0.15, 0.2) is 0 Å². The summed E-state index contributed by atoms with van der Waals surface area (Å²) in [4.78, 5) is 29.3. The Morgan fingerprint density at radius 1 is 1.28 bits per heavy atom. The Morgan fingerprint density at radius 3 is 2.90 bits per heavy atom. The predicted molar refractivity (Wildman–Crippen MR) is 110 cm³/mol. The number of fused-ring (bicyclic) bond motifs is 2. The number of hydrogen-bond acceptors (Lipinski definition) is 4. The van der Waals surface area contributed by atoms with E-state index >= 15 is 0 Å². The van der Waals surface area contributed by atoms with Crippen LogP contribution in [0.15, 0.2) is 30.7 Å². The van der Waals surface area contributed by atoms with Crippen LogP contribution in [0.1, 0.15) is 46.7 Å². The van der Waals surface area contributed by atoms with Gasteiger partial charge in [-0.3, -0.25) is 14.3 Å². The number of carbonyl (C=O) groups is 2. The average molecular weight is 394 g/mol. The van der Waals surface area contributed by atoms with Crippen molar-refractivity contribution < 1.29 is 9.59 Å². The normalized spacial score (nSPS) is 16.1.